The quantitative estimate of drug-likeness (QED) is 0.250. The molecule has 1 aromatic rings. The number of Topliss-reactive ketones (excluding diaryl/α,β-unsaturated/α-hetero) is 3. The third-order valence-electron chi connectivity index (χ3n) is 9.28. The van der Waals surface area contributed by atoms with E-state index in [2.05, 4.69) is 11.8 Å². The molecule has 5 rings (SSSR count). The van der Waals surface area contributed by atoms with Gasteiger partial charge < -0.3 is 31.1 Å². The van der Waals surface area contributed by atoms with Crippen LogP contribution in [0.1, 0.15) is 60.0 Å². The van der Waals surface area contributed by atoms with E-state index in [1.54, 1.807) is 25.1 Å². The van der Waals surface area contributed by atoms with Crippen LogP contribution in [0.5, 0.6) is 5.75 Å². The maximum atomic E-state index is 13.9. The molecule has 0 spiro atoms. The number of aliphatic hydroxyl groups excluding tert-OH is 1. The Morgan fingerprint density at radius 2 is 1.74 bits per heavy atom. The van der Waals surface area contributed by atoms with Gasteiger partial charge in [-0.05, 0) is 76.2 Å². The van der Waals surface area contributed by atoms with Gasteiger partial charge in [-0.1, -0.05) is 18.3 Å². The van der Waals surface area contributed by atoms with Crippen LogP contribution in [0.3, 0.4) is 0 Å². The second kappa shape index (κ2) is 9.52. The van der Waals surface area contributed by atoms with Gasteiger partial charge in [-0.25, -0.2) is 0 Å². The molecule has 0 radical (unpaired) electrons. The van der Waals surface area contributed by atoms with Crippen molar-refractivity contribution in [2.45, 2.75) is 68.3 Å². The number of phenols is 1. The standard InChI is InChI=1S/C29H34N2O8/c1-31(2)22-17-13-15-12-16-14(8-11-28(38)9-4-3-5-10-28)6-7-18(32)20(16)23(33)19(15)25(35)29(17,39)26(36)21(24(22)34)27(30)37/h6-7,15,17,19,21-22,24,32,34,38-39H,3-5,9-10,12-13H2,1-2H3,(H2,30,37)/t15-,17-,19?,21?,22-,24?,29-/m1/s1. The first-order valence-electron chi connectivity index (χ1n) is 13.4. The Morgan fingerprint density at radius 3 is 2.36 bits per heavy atom. The van der Waals surface area contributed by atoms with Crippen LogP contribution in [0.2, 0.25) is 0 Å². The van der Waals surface area contributed by atoms with Gasteiger partial charge in [0.05, 0.1) is 17.6 Å². The maximum absolute atomic E-state index is 13.9. The van der Waals surface area contributed by atoms with Crippen molar-refractivity contribution in [3.63, 3.8) is 0 Å². The minimum atomic E-state index is -2.69. The fourth-order valence-corrected chi connectivity index (χ4v) is 7.38. The number of nitrogens with two attached hydrogens (primary N) is 1. The molecule has 10 nitrogen and oxygen atoms in total. The van der Waals surface area contributed by atoms with E-state index in [1.165, 1.54) is 6.07 Å². The van der Waals surface area contributed by atoms with Gasteiger partial charge in [-0.3, -0.25) is 19.2 Å². The second-order valence-electron chi connectivity index (χ2n) is 11.8. The number of aromatic hydroxyl groups is 1. The highest BCUT2D eigenvalue weighted by Gasteiger charge is 2.69. The predicted molar refractivity (Wildman–Crippen MR) is 137 cm³/mol. The number of phenolic OH excluding ortho intramolecular Hbond substituents is 1. The van der Waals surface area contributed by atoms with Gasteiger partial charge in [0.2, 0.25) is 5.91 Å². The summed E-state index contributed by atoms with van der Waals surface area (Å²) in [7, 11) is 3.20. The molecule has 0 heterocycles. The zero-order chi connectivity index (χ0) is 28.4. The van der Waals surface area contributed by atoms with Gasteiger partial charge in [-0.15, -0.1) is 0 Å². The molecule has 4 aliphatic rings. The summed E-state index contributed by atoms with van der Waals surface area (Å²) in [6, 6.07) is 1.93. The van der Waals surface area contributed by atoms with Gasteiger partial charge in [0, 0.05) is 17.5 Å². The summed E-state index contributed by atoms with van der Waals surface area (Å²) in [6.07, 6.45) is 2.49. The minimum absolute atomic E-state index is 0.0294. The summed E-state index contributed by atoms with van der Waals surface area (Å²) < 4.78 is 0. The summed E-state index contributed by atoms with van der Waals surface area (Å²) in [5.41, 5.74) is 2.39. The number of amides is 1. The molecular weight excluding hydrogens is 504 g/mol. The van der Waals surface area contributed by atoms with Gasteiger partial charge >= 0.3 is 0 Å². The molecule has 0 aliphatic heterocycles. The minimum Gasteiger partial charge on any atom is -0.507 e. The van der Waals surface area contributed by atoms with Gasteiger partial charge in [-0.2, -0.15) is 0 Å². The molecule has 3 fully saturated rings. The Balaban J connectivity index is 1.59. The average molecular weight is 539 g/mol. The fraction of sp³-hybridized carbons (Fsp3) is 0.586. The Kier molecular flexibility index (Phi) is 6.71. The first-order valence-corrected chi connectivity index (χ1v) is 13.4. The molecular formula is C29H34N2O8. The first kappa shape index (κ1) is 27.5. The molecule has 1 amide bonds. The number of primary amides is 1. The van der Waals surface area contributed by atoms with E-state index in [9.17, 15) is 39.6 Å². The third kappa shape index (κ3) is 4.11. The lowest BCUT2D eigenvalue weighted by Gasteiger charge is -2.54. The van der Waals surface area contributed by atoms with Crippen LogP contribution in [-0.4, -0.2) is 86.0 Å². The van der Waals surface area contributed by atoms with Gasteiger partial charge in [0.1, 0.15) is 17.3 Å². The van der Waals surface area contributed by atoms with Crippen molar-refractivity contribution < 1.29 is 39.6 Å². The number of ketones is 3. The van der Waals surface area contributed by atoms with Crippen molar-refractivity contribution in [3.05, 3.63) is 28.8 Å². The molecule has 1 aromatic carbocycles. The monoisotopic (exact) mass is 538 g/mol. The Hall–Kier alpha value is -3.10. The summed E-state index contributed by atoms with van der Waals surface area (Å²) in [5.74, 6) is -3.48. The second-order valence-corrected chi connectivity index (χ2v) is 11.8. The molecule has 0 aromatic heterocycles. The Morgan fingerprint density at radius 1 is 1.08 bits per heavy atom. The van der Waals surface area contributed by atoms with Crippen LogP contribution in [0.4, 0.5) is 0 Å². The number of nitrogens with zero attached hydrogens (tertiary/aromatic N) is 1. The Labute approximate surface area is 226 Å². The van der Waals surface area contributed by atoms with E-state index in [0.717, 1.165) is 19.3 Å². The third-order valence-corrected chi connectivity index (χ3v) is 9.28. The maximum Gasteiger partial charge on any atom is 0.230 e. The van der Waals surface area contributed by atoms with E-state index in [-0.39, 0.29) is 24.2 Å². The zero-order valence-electron chi connectivity index (χ0n) is 22.0. The highest BCUT2D eigenvalue weighted by Crippen LogP contribution is 2.51. The molecule has 0 bridgehead atoms. The number of hydrogen-bond donors (Lipinski definition) is 5. The van der Waals surface area contributed by atoms with E-state index in [4.69, 9.17) is 5.73 Å². The van der Waals surface area contributed by atoms with Crippen molar-refractivity contribution in [3.8, 4) is 17.6 Å². The summed E-state index contributed by atoms with van der Waals surface area (Å²) in [4.78, 5) is 54.7. The smallest absolute Gasteiger partial charge is 0.230 e. The lowest BCUT2D eigenvalue weighted by Crippen LogP contribution is -2.75. The number of fused-ring (bicyclic) bond motifs is 3. The Bertz CT molecular complexity index is 1320. The number of aliphatic hydroxyl groups is 3. The van der Waals surface area contributed by atoms with Crippen LogP contribution < -0.4 is 5.73 Å². The molecule has 208 valence electrons. The largest absolute Gasteiger partial charge is 0.507 e. The average Bonchev–Trinajstić information content (AvgIpc) is 2.86. The molecule has 4 aliphatic carbocycles. The topological polar surface area (TPSA) is 178 Å². The van der Waals surface area contributed by atoms with Crippen LogP contribution >= 0.6 is 0 Å². The number of likely N-dealkylation sites (N-methyl/N-ethyl adjacent to an activating group) is 1. The molecule has 3 unspecified atom stereocenters. The van der Waals surface area contributed by atoms with Crippen LogP contribution in [0.15, 0.2) is 12.1 Å². The number of rotatable bonds is 2. The zero-order valence-corrected chi connectivity index (χ0v) is 22.0. The van der Waals surface area contributed by atoms with Crippen molar-refractivity contribution in [1.82, 2.24) is 4.90 Å². The SMILES string of the molecule is CN(C)[C@H]1C(O)C(C(N)=O)C(=O)[C@]2(O)C(=O)C3C(=O)c4c(O)ccc(C#CC5(O)CCCCC5)c4C[C@@H]3C[C@H]12. The molecule has 3 saturated carbocycles. The van der Waals surface area contributed by atoms with E-state index >= 15 is 0 Å². The van der Waals surface area contributed by atoms with Crippen LogP contribution in [0.25, 0.3) is 0 Å². The molecule has 10 heteroatoms. The molecule has 6 N–H and O–H groups in total. The van der Waals surface area contributed by atoms with Crippen LogP contribution in [0, 0.1) is 35.5 Å². The predicted octanol–water partition coefficient (Wildman–Crippen LogP) is -0.294. The number of carbonyl (C=O) groups is 4. The van der Waals surface area contributed by atoms with E-state index < -0.39 is 70.3 Å². The normalized spacial score (nSPS) is 35.4. The lowest BCUT2D eigenvalue weighted by atomic mass is 9.52. The van der Waals surface area contributed by atoms with Crippen LogP contribution in [-0.2, 0) is 20.8 Å². The van der Waals surface area contributed by atoms with Crippen molar-refractivity contribution in [2.75, 3.05) is 14.1 Å². The van der Waals surface area contributed by atoms with Gasteiger partial charge in [0.25, 0.3) is 0 Å². The molecule has 0 saturated heterocycles. The molecule has 39 heavy (non-hydrogen) atoms. The van der Waals surface area contributed by atoms with Crippen molar-refractivity contribution in [1.29, 1.82) is 0 Å². The summed E-state index contributed by atoms with van der Waals surface area (Å²) >= 11 is 0. The first-order chi connectivity index (χ1) is 18.3. The molecule has 7 atom stereocenters. The van der Waals surface area contributed by atoms with E-state index in [1.807, 2.05) is 0 Å². The lowest BCUT2D eigenvalue weighted by molar-refractivity contribution is -0.190. The number of carbonyl (C=O) groups excluding carboxylic acids is 4. The number of benzene rings is 1. The summed E-state index contributed by atoms with van der Waals surface area (Å²) in [5, 5.41) is 44.1. The van der Waals surface area contributed by atoms with Crippen molar-refractivity contribution >= 4 is 23.3 Å². The van der Waals surface area contributed by atoms with E-state index in [0.29, 0.717) is 24.0 Å². The van der Waals surface area contributed by atoms with Crippen molar-refractivity contribution in [2.24, 2.45) is 29.4 Å². The summed E-state index contributed by atoms with van der Waals surface area (Å²) in [6.45, 7) is 0. The fourth-order valence-electron chi connectivity index (χ4n) is 7.38. The van der Waals surface area contributed by atoms with Gasteiger partial charge in [0.15, 0.2) is 23.0 Å². The number of hydrogen-bond acceptors (Lipinski definition) is 9. The highest BCUT2D eigenvalue weighted by molar-refractivity contribution is 6.25. The highest BCUT2D eigenvalue weighted by atomic mass is 16.3.